The van der Waals surface area contributed by atoms with Gasteiger partial charge in [0.25, 0.3) is 5.91 Å². The minimum Gasteiger partial charge on any atom is -0.444 e. The Labute approximate surface area is 245 Å². The Morgan fingerprint density at radius 2 is 1.46 bits per heavy atom. The summed E-state index contributed by atoms with van der Waals surface area (Å²) in [6.45, 7) is 12.7. The topological polar surface area (TPSA) is 108 Å². The average Bonchev–Trinajstić information content (AvgIpc) is 2.90. The van der Waals surface area contributed by atoms with Crippen LogP contribution in [0.3, 0.4) is 0 Å². The number of nitrogens with one attached hydrogen (secondary N) is 2. The zero-order chi connectivity index (χ0) is 30.6. The summed E-state index contributed by atoms with van der Waals surface area (Å²) in [6.07, 6.45) is 5.19. The Balaban J connectivity index is 2.50. The molecule has 0 bridgehead atoms. The summed E-state index contributed by atoms with van der Waals surface area (Å²) in [5, 5.41) is 15.8. The molecular formula is C33H49N3O5. The minimum absolute atomic E-state index is 0.288. The fourth-order valence-corrected chi connectivity index (χ4v) is 4.81. The van der Waals surface area contributed by atoms with E-state index < -0.39 is 36.3 Å². The summed E-state index contributed by atoms with van der Waals surface area (Å²) < 4.78 is 5.34. The predicted molar refractivity (Wildman–Crippen MR) is 164 cm³/mol. The van der Waals surface area contributed by atoms with E-state index in [2.05, 4.69) is 17.6 Å². The highest BCUT2D eigenvalue weighted by Gasteiger charge is 2.36. The molecule has 8 nitrogen and oxygen atoms in total. The number of unbranched alkanes of at least 4 members (excludes halogenated alkanes) is 5. The van der Waals surface area contributed by atoms with Gasteiger partial charge in [0.15, 0.2) is 0 Å². The highest BCUT2D eigenvalue weighted by atomic mass is 16.6. The van der Waals surface area contributed by atoms with Crippen molar-refractivity contribution in [2.45, 2.75) is 105 Å². The summed E-state index contributed by atoms with van der Waals surface area (Å²) in [5.74, 6) is -0.901. The molecule has 0 aliphatic rings. The van der Waals surface area contributed by atoms with Crippen molar-refractivity contribution < 1.29 is 24.2 Å². The van der Waals surface area contributed by atoms with Gasteiger partial charge in [-0.05, 0) is 70.2 Å². The second kappa shape index (κ2) is 16.2. The van der Waals surface area contributed by atoms with Crippen LogP contribution in [-0.2, 0) is 14.3 Å². The molecule has 2 atom stereocenters. The van der Waals surface area contributed by atoms with Crippen LogP contribution >= 0.6 is 0 Å². The molecule has 0 saturated heterocycles. The largest absolute Gasteiger partial charge is 0.444 e. The van der Waals surface area contributed by atoms with E-state index in [0.29, 0.717) is 17.7 Å². The van der Waals surface area contributed by atoms with E-state index in [1.165, 1.54) is 4.90 Å². The summed E-state index contributed by atoms with van der Waals surface area (Å²) in [7, 11) is 0. The maximum Gasteiger partial charge on any atom is 0.408 e. The molecule has 2 unspecified atom stereocenters. The van der Waals surface area contributed by atoms with E-state index in [9.17, 15) is 19.5 Å². The molecule has 0 spiro atoms. The lowest BCUT2D eigenvalue weighted by molar-refractivity contribution is -0.141. The molecule has 0 aliphatic carbocycles. The molecule has 2 rings (SSSR count). The minimum atomic E-state index is -1.27. The van der Waals surface area contributed by atoms with Crippen LogP contribution in [-0.4, -0.2) is 52.7 Å². The van der Waals surface area contributed by atoms with Gasteiger partial charge in [-0.15, -0.1) is 0 Å². The fraction of sp³-hybridized carbons (Fsp3) is 0.545. The Bertz CT molecular complexity index is 1140. The maximum absolute atomic E-state index is 14.1. The number of carbonyl (C=O) groups is 3. The zero-order valence-electron chi connectivity index (χ0n) is 25.9. The van der Waals surface area contributed by atoms with E-state index in [4.69, 9.17) is 4.74 Å². The van der Waals surface area contributed by atoms with Gasteiger partial charge in [0, 0.05) is 12.2 Å². The van der Waals surface area contributed by atoms with Gasteiger partial charge in [-0.25, -0.2) is 4.79 Å². The Kier molecular flexibility index (Phi) is 13.3. The number of aliphatic hydroxyl groups is 1. The van der Waals surface area contributed by atoms with Crippen molar-refractivity contribution in [1.82, 2.24) is 10.2 Å². The third-order valence-corrected chi connectivity index (χ3v) is 6.98. The number of rotatable bonds is 14. The van der Waals surface area contributed by atoms with Crippen molar-refractivity contribution in [2.75, 3.05) is 18.5 Å². The van der Waals surface area contributed by atoms with Crippen molar-refractivity contribution in [3.8, 4) is 0 Å². The van der Waals surface area contributed by atoms with Crippen LogP contribution in [0.1, 0.15) is 94.5 Å². The first kappa shape index (κ1) is 33.8. The van der Waals surface area contributed by atoms with Crippen molar-refractivity contribution in [2.24, 2.45) is 0 Å². The predicted octanol–water partition coefficient (Wildman–Crippen LogP) is 6.37. The van der Waals surface area contributed by atoms with Gasteiger partial charge >= 0.3 is 6.09 Å². The Morgan fingerprint density at radius 3 is 2.05 bits per heavy atom. The van der Waals surface area contributed by atoms with Crippen LogP contribution in [0.5, 0.6) is 0 Å². The number of benzene rings is 2. The number of para-hydroxylation sites is 1. The summed E-state index contributed by atoms with van der Waals surface area (Å²) in [6, 6.07) is 11.0. The van der Waals surface area contributed by atoms with Crippen LogP contribution in [0.4, 0.5) is 10.5 Å². The summed E-state index contributed by atoms with van der Waals surface area (Å²) in [5.41, 5.74) is 3.29. The molecule has 0 heterocycles. The number of anilines is 1. The van der Waals surface area contributed by atoms with E-state index in [1.54, 1.807) is 20.8 Å². The van der Waals surface area contributed by atoms with E-state index in [0.717, 1.165) is 48.8 Å². The van der Waals surface area contributed by atoms with E-state index >= 15 is 0 Å². The van der Waals surface area contributed by atoms with Gasteiger partial charge in [-0.1, -0.05) is 81.5 Å². The molecule has 0 aliphatic heterocycles. The number of nitrogens with zero attached hydrogens (tertiary/aromatic N) is 1. The Morgan fingerprint density at radius 1 is 0.878 bits per heavy atom. The van der Waals surface area contributed by atoms with Crippen LogP contribution in [0.25, 0.3) is 0 Å². The maximum atomic E-state index is 14.1. The molecule has 3 amide bonds. The van der Waals surface area contributed by atoms with E-state index in [-0.39, 0.29) is 12.5 Å². The third-order valence-electron chi connectivity index (χ3n) is 6.98. The van der Waals surface area contributed by atoms with Gasteiger partial charge in [-0.3, -0.25) is 9.59 Å². The second-order valence-corrected chi connectivity index (χ2v) is 11.7. The lowest BCUT2D eigenvalue weighted by Gasteiger charge is -2.35. The van der Waals surface area contributed by atoms with Crippen molar-refractivity contribution >= 4 is 23.6 Å². The first-order valence-electron chi connectivity index (χ1n) is 14.7. The standard InChI is InChI=1S/C33H49N3O5/c1-8-9-10-11-12-15-21-36(31(39)27(22-37)34-32(40)41-33(5,6)7)29(26-20-14-13-17-23(26)2)30(38)35-28-24(3)18-16-19-25(28)4/h13-14,16-20,27,29,37H,8-12,15,21-22H2,1-7H3,(H,34,40)(H,35,38). The normalized spacial score (nSPS) is 12.8. The number of hydrogen-bond acceptors (Lipinski definition) is 5. The Hall–Kier alpha value is -3.39. The second-order valence-electron chi connectivity index (χ2n) is 11.7. The number of ether oxygens (including phenoxy) is 1. The highest BCUT2D eigenvalue weighted by Crippen LogP contribution is 2.29. The zero-order valence-corrected chi connectivity index (χ0v) is 25.9. The first-order valence-corrected chi connectivity index (χ1v) is 14.7. The SMILES string of the molecule is CCCCCCCCN(C(=O)C(CO)NC(=O)OC(C)(C)C)C(C(=O)Nc1c(C)cccc1C)c1ccccc1C. The quantitative estimate of drug-likeness (QED) is 0.230. The summed E-state index contributed by atoms with van der Waals surface area (Å²) in [4.78, 5) is 42.3. The van der Waals surface area contributed by atoms with Crippen molar-refractivity contribution in [3.63, 3.8) is 0 Å². The lowest BCUT2D eigenvalue weighted by Crippen LogP contribution is -2.54. The molecule has 41 heavy (non-hydrogen) atoms. The van der Waals surface area contributed by atoms with Gasteiger partial charge in [0.05, 0.1) is 6.61 Å². The number of hydrogen-bond donors (Lipinski definition) is 3. The molecule has 0 radical (unpaired) electrons. The average molecular weight is 568 g/mol. The molecule has 3 N–H and O–H groups in total. The third kappa shape index (κ3) is 10.5. The smallest absolute Gasteiger partial charge is 0.408 e. The molecular weight excluding hydrogens is 518 g/mol. The van der Waals surface area contributed by atoms with Gasteiger partial charge in [-0.2, -0.15) is 0 Å². The number of aliphatic hydroxyl groups excluding tert-OH is 1. The number of aryl methyl sites for hydroxylation is 3. The van der Waals surface area contributed by atoms with Crippen molar-refractivity contribution in [3.05, 3.63) is 64.7 Å². The van der Waals surface area contributed by atoms with E-state index in [1.807, 2.05) is 63.2 Å². The van der Waals surface area contributed by atoms with Crippen molar-refractivity contribution in [1.29, 1.82) is 0 Å². The molecule has 2 aromatic carbocycles. The molecule has 2 aromatic rings. The van der Waals surface area contributed by atoms with Crippen LogP contribution in [0, 0.1) is 20.8 Å². The molecule has 226 valence electrons. The highest BCUT2D eigenvalue weighted by molar-refractivity contribution is 6.00. The monoisotopic (exact) mass is 567 g/mol. The van der Waals surface area contributed by atoms with Gasteiger partial charge < -0.3 is 25.4 Å². The molecule has 0 aromatic heterocycles. The molecule has 8 heteroatoms. The number of amides is 3. The van der Waals surface area contributed by atoms with Gasteiger partial charge in [0.2, 0.25) is 5.91 Å². The number of alkyl carbamates (subject to hydrolysis) is 1. The number of carbonyl (C=O) groups excluding carboxylic acids is 3. The van der Waals surface area contributed by atoms with Crippen LogP contribution < -0.4 is 10.6 Å². The molecule has 0 fully saturated rings. The van der Waals surface area contributed by atoms with Gasteiger partial charge in [0.1, 0.15) is 17.7 Å². The first-order chi connectivity index (χ1) is 19.4. The lowest BCUT2D eigenvalue weighted by atomic mass is 9.97. The van der Waals surface area contributed by atoms with Crippen LogP contribution in [0.15, 0.2) is 42.5 Å². The fourth-order valence-electron chi connectivity index (χ4n) is 4.81. The summed E-state index contributed by atoms with van der Waals surface area (Å²) >= 11 is 0. The molecule has 0 saturated carbocycles. The van der Waals surface area contributed by atoms with Crippen LogP contribution in [0.2, 0.25) is 0 Å².